The van der Waals surface area contributed by atoms with E-state index in [9.17, 15) is 0 Å². The van der Waals surface area contributed by atoms with Gasteiger partial charge in [0, 0.05) is 36.1 Å². The van der Waals surface area contributed by atoms with Crippen molar-refractivity contribution in [1.29, 1.82) is 0 Å². The van der Waals surface area contributed by atoms with Gasteiger partial charge in [0.25, 0.3) is 0 Å². The Morgan fingerprint density at radius 1 is 0.481 bits per heavy atom. The van der Waals surface area contributed by atoms with Gasteiger partial charge < -0.3 is 0 Å². The van der Waals surface area contributed by atoms with Gasteiger partial charge in [0.05, 0.1) is 0 Å². The molecule has 5 heterocycles. The minimum atomic E-state index is 0. The molecular formula is C20H38GeP6. The number of rotatable bonds is 0. The maximum absolute atomic E-state index is 2.66. The van der Waals surface area contributed by atoms with Crippen LogP contribution in [0.15, 0.2) is 0 Å². The molecule has 5 fully saturated rings. The van der Waals surface area contributed by atoms with Crippen LogP contribution in [-0.2, 0) is 0 Å². The Kier molecular flexibility index (Phi) is 4.68. The van der Waals surface area contributed by atoms with Gasteiger partial charge in [0.2, 0.25) is 0 Å². The molecule has 7 heteroatoms. The van der Waals surface area contributed by atoms with Crippen molar-refractivity contribution in [3.63, 3.8) is 0 Å². The Hall–Kier alpha value is 3.12. The molecule has 5 aliphatic rings. The molecule has 0 aromatic carbocycles. The fourth-order valence-electron chi connectivity index (χ4n) is 6.97. The average molecular weight is 537 g/mol. The molecule has 5 aliphatic heterocycles. The molecule has 0 nitrogen and oxygen atoms in total. The van der Waals surface area contributed by atoms with Gasteiger partial charge >= 0.3 is 0 Å². The molecule has 0 saturated carbocycles. The van der Waals surface area contributed by atoms with E-state index in [1.54, 1.807) is 0 Å². The van der Waals surface area contributed by atoms with Crippen molar-refractivity contribution >= 4 is 65.2 Å². The average Bonchev–Trinajstić information content (AvgIpc) is 2.55. The Bertz CT molecular complexity index is 653. The van der Waals surface area contributed by atoms with Crippen LogP contribution >= 0.6 is 47.6 Å². The summed E-state index contributed by atoms with van der Waals surface area (Å²) in [6.45, 7) is 31.9. The van der Waals surface area contributed by atoms with Crippen LogP contribution in [0.5, 0.6) is 0 Å². The molecule has 0 N–H and O–H groups in total. The fraction of sp³-hybridized carbons (Fsp3) is 1.00. The van der Waals surface area contributed by atoms with E-state index in [1.807, 2.05) is 0 Å². The second-order valence-corrected chi connectivity index (χ2v) is 33.0. The number of hydrogen-bond acceptors (Lipinski definition) is 0. The summed E-state index contributed by atoms with van der Waals surface area (Å²) in [7, 11) is 3.64. The van der Waals surface area contributed by atoms with Crippen molar-refractivity contribution in [3.8, 4) is 0 Å². The summed E-state index contributed by atoms with van der Waals surface area (Å²) in [4.78, 5) is 0. The standard InChI is InChI=1S/C20H38P6.Ge/c1-13(2,3)17-21-26-18(14(4,5)6)22-25(17)19(15(7,8)9)23(17)20(26,24(18)19)16(10,11)12;/h21-22H,1-12H3;. The third-order valence-electron chi connectivity index (χ3n) is 7.80. The van der Waals surface area contributed by atoms with Gasteiger partial charge in [-0.2, -0.15) is 0 Å². The van der Waals surface area contributed by atoms with Gasteiger partial charge in [-0.1, -0.05) is 131 Å². The normalized spacial score (nSPS) is 56.4. The first-order chi connectivity index (χ1) is 11.4. The second-order valence-electron chi connectivity index (χ2n) is 13.2. The van der Waals surface area contributed by atoms with E-state index in [0.717, 1.165) is 18.6 Å². The predicted molar refractivity (Wildman–Crippen MR) is 139 cm³/mol. The molecule has 0 aliphatic carbocycles. The fourth-order valence-corrected chi connectivity index (χ4v) is 75.4. The summed E-state index contributed by atoms with van der Waals surface area (Å²) < 4.78 is 3.35. The van der Waals surface area contributed by atoms with Gasteiger partial charge in [0.15, 0.2) is 0 Å². The van der Waals surface area contributed by atoms with E-state index >= 15 is 0 Å². The minimum absolute atomic E-state index is 0. The zero-order valence-electron chi connectivity index (χ0n) is 19.3. The summed E-state index contributed by atoms with van der Waals surface area (Å²) in [5.74, 6) is 0. The first kappa shape index (κ1) is 23.3. The molecule has 0 amide bonds. The molecule has 0 spiro atoms. The first-order valence-corrected chi connectivity index (χ1v) is 19.2. The molecular weight excluding hydrogens is 499 g/mol. The summed E-state index contributed by atoms with van der Waals surface area (Å²) in [5.41, 5.74) is 2.20. The number of fused-ring (bicyclic) bond motifs is 2. The van der Waals surface area contributed by atoms with Crippen molar-refractivity contribution in [2.45, 2.75) is 102 Å². The van der Waals surface area contributed by atoms with Crippen molar-refractivity contribution in [2.24, 2.45) is 21.7 Å². The largest absolute Gasteiger partial charge is 0.0771 e. The van der Waals surface area contributed by atoms with E-state index in [1.165, 1.54) is 16.5 Å². The van der Waals surface area contributed by atoms with E-state index in [-0.39, 0.29) is 48.7 Å². The summed E-state index contributed by atoms with van der Waals surface area (Å²) >= 11 is 0. The SMILES string of the molecule is CC(C)(C)C12PP3C4(C(C)(C)C)PP1C1(C(C)(C)C)P2C3(C(C)(C)C)P41.[Ge]. The van der Waals surface area contributed by atoms with Crippen LogP contribution in [0.4, 0.5) is 0 Å². The minimum Gasteiger partial charge on any atom is -0.0771 e. The summed E-state index contributed by atoms with van der Waals surface area (Å²) in [5, 5.41) is 0. The summed E-state index contributed by atoms with van der Waals surface area (Å²) in [6.07, 6.45) is 0. The second kappa shape index (κ2) is 5.43. The quantitative estimate of drug-likeness (QED) is 0.213. The van der Waals surface area contributed by atoms with Crippen molar-refractivity contribution in [1.82, 2.24) is 0 Å². The number of hydrogen-bond donors (Lipinski definition) is 0. The molecule has 152 valence electrons. The van der Waals surface area contributed by atoms with Crippen LogP contribution in [0.1, 0.15) is 83.1 Å². The third kappa shape index (κ3) is 1.80. The molecule has 0 bridgehead atoms. The smallest absolute Gasteiger partial charge is 0.0447 e. The zero-order chi connectivity index (χ0) is 19.7. The molecule has 5 saturated heterocycles. The van der Waals surface area contributed by atoms with Crippen molar-refractivity contribution in [3.05, 3.63) is 0 Å². The van der Waals surface area contributed by atoms with Crippen molar-refractivity contribution in [2.75, 3.05) is 0 Å². The Morgan fingerprint density at radius 3 is 0.926 bits per heavy atom. The van der Waals surface area contributed by atoms with Crippen LogP contribution in [0, 0.1) is 21.7 Å². The van der Waals surface area contributed by atoms with E-state index in [4.69, 9.17) is 0 Å². The van der Waals surface area contributed by atoms with E-state index < -0.39 is 0 Å². The van der Waals surface area contributed by atoms with Crippen LogP contribution in [0.3, 0.4) is 0 Å². The third-order valence-corrected chi connectivity index (χ3v) is 51.3. The molecule has 27 heavy (non-hydrogen) atoms. The van der Waals surface area contributed by atoms with Crippen LogP contribution in [0.25, 0.3) is 0 Å². The maximum atomic E-state index is 2.66. The molecule has 6 atom stereocenters. The predicted octanol–water partition coefficient (Wildman–Crippen LogP) is 9.59. The van der Waals surface area contributed by atoms with Gasteiger partial charge in [-0.3, -0.25) is 0 Å². The van der Waals surface area contributed by atoms with Crippen LogP contribution in [0.2, 0.25) is 0 Å². The zero-order valence-corrected chi connectivity index (χ0v) is 27.0. The monoisotopic (exact) mass is 538 g/mol. The first-order valence-electron chi connectivity index (χ1n) is 10.2. The molecule has 6 unspecified atom stereocenters. The van der Waals surface area contributed by atoms with Crippen LogP contribution < -0.4 is 0 Å². The Morgan fingerprint density at radius 2 is 0.741 bits per heavy atom. The van der Waals surface area contributed by atoms with Crippen LogP contribution in [-0.4, -0.2) is 36.1 Å². The van der Waals surface area contributed by atoms with E-state index in [0.29, 0.717) is 21.7 Å². The van der Waals surface area contributed by atoms with Crippen molar-refractivity contribution < 1.29 is 0 Å². The Balaban J connectivity index is 0.00000180. The van der Waals surface area contributed by atoms with Gasteiger partial charge in [-0.25, -0.2) is 0 Å². The Labute approximate surface area is 187 Å². The van der Waals surface area contributed by atoms with Gasteiger partial charge in [-0.15, -0.1) is 0 Å². The van der Waals surface area contributed by atoms with Gasteiger partial charge in [0.1, 0.15) is 0 Å². The molecule has 5 rings (SSSR count). The topological polar surface area (TPSA) is 0 Å². The molecule has 4 radical (unpaired) electrons. The van der Waals surface area contributed by atoms with E-state index in [2.05, 4.69) is 83.1 Å². The summed E-state index contributed by atoms with van der Waals surface area (Å²) in [6, 6.07) is 0. The molecule has 0 aromatic rings. The molecule has 0 aromatic heterocycles. The maximum Gasteiger partial charge on any atom is 0.0447 e. The van der Waals surface area contributed by atoms with Gasteiger partial charge in [-0.05, 0) is 21.7 Å².